The highest BCUT2D eigenvalue weighted by atomic mass is 32.1. The third-order valence-corrected chi connectivity index (χ3v) is 1.52. The quantitative estimate of drug-likeness (QED) is 0.418. The average molecular weight is 203 g/mol. The molecule has 1 amide bonds. The van der Waals surface area contributed by atoms with E-state index in [1.54, 1.807) is 6.08 Å². The zero-order valence-corrected chi connectivity index (χ0v) is 8.61. The van der Waals surface area contributed by atoms with Crippen molar-refractivity contribution in [2.45, 2.75) is 12.8 Å². The first kappa shape index (κ1) is 11.6. The van der Waals surface area contributed by atoms with Crippen molar-refractivity contribution in [3.63, 3.8) is 0 Å². The number of hydrogen-bond acceptors (Lipinski definition) is 2. The third kappa shape index (κ3) is 4.51. The van der Waals surface area contributed by atoms with Crippen molar-refractivity contribution in [3.05, 3.63) is 12.7 Å². The molecule has 0 aliphatic carbocycles. The molecule has 0 unspecified atom stereocenters. The van der Waals surface area contributed by atoms with E-state index < -0.39 is 0 Å². The molecule has 0 bridgehead atoms. The lowest BCUT2D eigenvalue weighted by molar-refractivity contribution is -0.127. The van der Waals surface area contributed by atoms with Crippen molar-refractivity contribution in [1.82, 2.24) is 4.90 Å². The summed E-state index contributed by atoms with van der Waals surface area (Å²) in [4.78, 5) is 12.7. The molecular weight excluding hydrogens is 190 g/mol. The number of hydrogen-bond donors (Lipinski definition) is 1. The minimum atomic E-state index is 0.273. The van der Waals surface area contributed by atoms with Crippen molar-refractivity contribution in [2.75, 3.05) is 13.1 Å². The maximum Gasteiger partial charge on any atom is 0.222 e. The number of carbonyl (C=O) groups is 1. The highest BCUT2D eigenvalue weighted by Crippen LogP contribution is 2.07. The smallest absolute Gasteiger partial charge is 0.222 e. The van der Waals surface area contributed by atoms with E-state index in [2.05, 4.69) is 31.4 Å². The van der Waals surface area contributed by atoms with Gasteiger partial charge in [-0.25, -0.2) is 0 Å². The average Bonchev–Trinajstić information content (AvgIpc) is 2.39. The summed E-state index contributed by atoms with van der Waals surface area (Å²) in [5.41, 5.74) is 0. The van der Waals surface area contributed by atoms with Crippen molar-refractivity contribution in [1.29, 1.82) is 0 Å². The largest absolute Gasteiger partial charge is 0.339 e. The van der Waals surface area contributed by atoms with Crippen LogP contribution in [-0.2, 0) is 4.79 Å². The fourth-order valence-electron chi connectivity index (χ4n) is 1.05. The lowest BCUT2D eigenvalue weighted by atomic mass is 10.4. The van der Waals surface area contributed by atoms with Crippen LogP contribution in [0.5, 0.6) is 0 Å². The molecule has 0 saturated carbocycles. The van der Waals surface area contributed by atoms with E-state index in [9.17, 15) is 4.79 Å². The number of rotatable bonds is 2. The van der Waals surface area contributed by atoms with Crippen molar-refractivity contribution < 1.29 is 4.79 Å². The number of carbonyl (C=O) groups excluding carboxylic acids is 1. The Bertz CT molecular complexity index is 170. The number of amides is 1. The van der Waals surface area contributed by atoms with Crippen molar-refractivity contribution in [2.24, 2.45) is 0 Å². The van der Waals surface area contributed by atoms with E-state index >= 15 is 0 Å². The van der Waals surface area contributed by atoms with E-state index in [0.29, 0.717) is 0 Å². The molecule has 0 aromatic heterocycles. The van der Waals surface area contributed by atoms with Crippen LogP contribution in [0.2, 0.25) is 0 Å². The Hall–Kier alpha value is -0.350. The first-order valence-corrected chi connectivity index (χ1v) is 4.71. The molecule has 0 aromatic carbocycles. The molecule has 0 aromatic rings. The molecule has 1 aliphatic rings. The maximum atomic E-state index is 10.8. The summed E-state index contributed by atoms with van der Waals surface area (Å²) < 4.78 is 1.28. The monoisotopic (exact) mass is 203 g/mol. The highest BCUT2D eigenvalue weighted by molar-refractivity contribution is 8.08. The van der Waals surface area contributed by atoms with Crippen LogP contribution in [0.25, 0.3) is 0 Å². The second-order valence-electron chi connectivity index (χ2n) is 2.34. The summed E-state index contributed by atoms with van der Waals surface area (Å²) in [5, 5.41) is 0. The topological polar surface area (TPSA) is 20.3 Å². The number of nitrogens with zero attached hydrogens (tertiary/aromatic N) is 1. The van der Waals surface area contributed by atoms with Gasteiger partial charge in [-0.15, -0.1) is 19.2 Å². The fraction of sp³-hybridized carbons (Fsp3) is 0.500. The van der Waals surface area contributed by atoms with Crippen LogP contribution >= 0.6 is 24.8 Å². The Labute approximate surface area is 84.0 Å². The first-order chi connectivity index (χ1) is 5.76. The summed E-state index contributed by atoms with van der Waals surface area (Å²) in [6.45, 7) is 5.21. The van der Waals surface area contributed by atoms with E-state index in [1.165, 1.54) is 4.70 Å². The molecule has 1 heterocycles. The van der Waals surface area contributed by atoms with Crippen molar-refractivity contribution in [3.8, 4) is 0 Å². The predicted molar refractivity (Wildman–Crippen MR) is 58.7 cm³/mol. The minimum absolute atomic E-state index is 0.273. The zero-order chi connectivity index (χ0) is 9.40. The van der Waals surface area contributed by atoms with Gasteiger partial charge in [-0.05, 0) is 6.42 Å². The number of thiol groups is 1. The van der Waals surface area contributed by atoms with Gasteiger partial charge in [-0.3, -0.25) is 4.79 Å². The van der Waals surface area contributed by atoms with Gasteiger partial charge in [0, 0.05) is 24.2 Å². The lowest BCUT2D eigenvalue weighted by Gasteiger charge is -2.10. The Balaban J connectivity index is 0.000000354. The van der Waals surface area contributed by atoms with Crippen LogP contribution in [0.1, 0.15) is 12.8 Å². The van der Waals surface area contributed by atoms with Crippen LogP contribution in [0, 0.1) is 0 Å². The van der Waals surface area contributed by atoms with Gasteiger partial charge >= 0.3 is 0 Å². The second kappa shape index (κ2) is 7.31. The van der Waals surface area contributed by atoms with Gasteiger partial charge in [0.05, 0.1) is 0 Å². The number of thiocarbonyl (C=S) groups is 1. The maximum absolute atomic E-state index is 10.8. The fourth-order valence-corrected chi connectivity index (χ4v) is 1.05. The third-order valence-electron chi connectivity index (χ3n) is 1.52. The molecule has 4 heteroatoms. The van der Waals surface area contributed by atoms with Crippen LogP contribution in [0.3, 0.4) is 0 Å². The standard InChI is InChI=1S/C7H11NO.CH2S2/c1-2-5-8-6-3-4-7(8)9;2-1-3/h2H,1,3-6H2;1H,(H,2,3). The van der Waals surface area contributed by atoms with Gasteiger partial charge in [-0.2, -0.15) is 0 Å². The molecule has 12 heavy (non-hydrogen) atoms. The second-order valence-corrected chi connectivity index (χ2v) is 3.18. The van der Waals surface area contributed by atoms with Gasteiger partial charge in [0.1, 0.15) is 0 Å². The molecule has 1 fully saturated rings. The van der Waals surface area contributed by atoms with Gasteiger partial charge in [0.25, 0.3) is 0 Å². The van der Waals surface area contributed by atoms with Gasteiger partial charge in [0.2, 0.25) is 5.91 Å². The predicted octanol–water partition coefficient (Wildman–Crippen LogP) is 1.67. The Kier molecular flexibility index (Phi) is 7.09. The molecule has 1 saturated heterocycles. The van der Waals surface area contributed by atoms with Crippen LogP contribution in [0.15, 0.2) is 12.7 Å². The van der Waals surface area contributed by atoms with Crippen molar-refractivity contribution >= 4 is 35.5 Å². The van der Waals surface area contributed by atoms with Gasteiger partial charge in [0.15, 0.2) is 0 Å². The Morgan fingerprint density at radius 1 is 1.75 bits per heavy atom. The molecule has 1 rings (SSSR count). The summed E-state index contributed by atoms with van der Waals surface area (Å²) in [6.07, 6.45) is 3.52. The van der Waals surface area contributed by atoms with Gasteiger partial charge < -0.3 is 4.90 Å². The first-order valence-electron chi connectivity index (χ1n) is 3.72. The molecule has 68 valence electrons. The van der Waals surface area contributed by atoms with E-state index in [1.807, 2.05) is 4.90 Å². The van der Waals surface area contributed by atoms with Crippen LogP contribution in [0.4, 0.5) is 0 Å². The zero-order valence-electron chi connectivity index (χ0n) is 6.90. The van der Waals surface area contributed by atoms with Crippen LogP contribution < -0.4 is 0 Å². The van der Waals surface area contributed by atoms with E-state index in [-0.39, 0.29) is 5.91 Å². The van der Waals surface area contributed by atoms with Crippen LogP contribution in [-0.4, -0.2) is 28.6 Å². The SMILES string of the molecule is C=CCN1CCCC1=O.S=CS. The minimum Gasteiger partial charge on any atom is -0.339 e. The molecule has 2 nitrogen and oxygen atoms in total. The van der Waals surface area contributed by atoms with Gasteiger partial charge in [-0.1, -0.05) is 18.3 Å². The highest BCUT2D eigenvalue weighted by Gasteiger charge is 2.17. The Morgan fingerprint density at radius 2 is 2.33 bits per heavy atom. The van der Waals surface area contributed by atoms with E-state index in [4.69, 9.17) is 0 Å². The Morgan fingerprint density at radius 3 is 2.67 bits per heavy atom. The molecule has 0 spiro atoms. The normalized spacial score (nSPS) is 15.1. The summed E-state index contributed by atoms with van der Waals surface area (Å²) in [5.74, 6) is 0.273. The summed E-state index contributed by atoms with van der Waals surface area (Å²) >= 11 is 7.61. The molecule has 1 aliphatic heterocycles. The number of likely N-dealkylation sites (tertiary alicyclic amines) is 1. The molecule has 0 radical (unpaired) electrons. The molecule has 0 atom stereocenters. The van der Waals surface area contributed by atoms with E-state index in [0.717, 1.165) is 25.9 Å². The molecular formula is C8H13NOS2. The summed E-state index contributed by atoms with van der Waals surface area (Å²) in [6, 6.07) is 0. The lowest BCUT2D eigenvalue weighted by Crippen LogP contribution is -2.24. The molecule has 0 N–H and O–H groups in total. The summed E-state index contributed by atoms with van der Waals surface area (Å²) in [7, 11) is 0.